The summed E-state index contributed by atoms with van der Waals surface area (Å²) in [5.74, 6) is 0.550. The molecule has 2 amide bonds. The second-order valence-corrected chi connectivity index (χ2v) is 6.57. The van der Waals surface area contributed by atoms with Crippen molar-refractivity contribution in [2.75, 3.05) is 17.7 Å². The summed E-state index contributed by atoms with van der Waals surface area (Å²) in [5.41, 5.74) is 2.66. The van der Waals surface area contributed by atoms with Crippen LogP contribution in [0, 0.1) is 0 Å². The molecule has 146 valence electrons. The van der Waals surface area contributed by atoms with Gasteiger partial charge in [-0.05, 0) is 60.2 Å². The summed E-state index contributed by atoms with van der Waals surface area (Å²) in [6.45, 7) is 0. The van der Waals surface area contributed by atoms with Crippen LogP contribution >= 0.6 is 11.6 Å². The zero-order valence-electron chi connectivity index (χ0n) is 15.7. The van der Waals surface area contributed by atoms with Crippen LogP contribution in [-0.2, 0) is 0 Å². The van der Waals surface area contributed by atoms with Gasteiger partial charge in [0.05, 0.1) is 7.11 Å². The molecule has 0 bridgehead atoms. The lowest BCUT2D eigenvalue weighted by atomic mass is 10.1. The van der Waals surface area contributed by atoms with Crippen molar-refractivity contribution in [2.45, 2.75) is 0 Å². The SMILES string of the molecule is COc1cccc(NC(=O)Nc2ccc(/C=C/C(=O)c3ccc(Cl)cc3)cc2)c1. The number of anilines is 2. The van der Waals surface area contributed by atoms with Crippen LogP contribution in [0.25, 0.3) is 6.08 Å². The molecule has 0 aliphatic rings. The number of hydrogen-bond acceptors (Lipinski definition) is 3. The zero-order valence-corrected chi connectivity index (χ0v) is 16.4. The fourth-order valence-corrected chi connectivity index (χ4v) is 2.68. The van der Waals surface area contributed by atoms with E-state index >= 15 is 0 Å². The van der Waals surface area contributed by atoms with E-state index in [2.05, 4.69) is 10.6 Å². The van der Waals surface area contributed by atoms with Gasteiger partial charge in [0.15, 0.2) is 5.78 Å². The Kier molecular flexibility index (Phi) is 6.66. The molecule has 0 aliphatic carbocycles. The van der Waals surface area contributed by atoms with Crippen LogP contribution in [-0.4, -0.2) is 18.9 Å². The highest BCUT2D eigenvalue weighted by molar-refractivity contribution is 6.30. The molecule has 0 radical (unpaired) electrons. The number of benzene rings is 3. The van der Waals surface area contributed by atoms with E-state index in [4.69, 9.17) is 16.3 Å². The van der Waals surface area contributed by atoms with Crippen molar-refractivity contribution in [1.82, 2.24) is 0 Å². The standard InChI is InChI=1S/C23H19ClN2O3/c1-29-21-4-2-3-20(15-21)26-23(28)25-19-12-5-16(6-13-19)7-14-22(27)17-8-10-18(24)11-9-17/h2-15H,1H3,(H2,25,26,28)/b14-7+. The molecule has 3 aromatic rings. The summed E-state index contributed by atoms with van der Waals surface area (Å²) in [7, 11) is 1.57. The Hall–Kier alpha value is -3.57. The summed E-state index contributed by atoms with van der Waals surface area (Å²) in [6.07, 6.45) is 3.22. The van der Waals surface area contributed by atoms with Crippen molar-refractivity contribution < 1.29 is 14.3 Å². The Morgan fingerprint density at radius 1 is 0.897 bits per heavy atom. The molecule has 0 fully saturated rings. The number of urea groups is 1. The highest BCUT2D eigenvalue weighted by Crippen LogP contribution is 2.18. The predicted octanol–water partition coefficient (Wildman–Crippen LogP) is 5.89. The largest absolute Gasteiger partial charge is 0.497 e. The fraction of sp³-hybridized carbons (Fsp3) is 0.0435. The summed E-state index contributed by atoms with van der Waals surface area (Å²) in [6, 6.07) is 20.6. The first-order valence-electron chi connectivity index (χ1n) is 8.83. The van der Waals surface area contributed by atoms with Gasteiger partial charge in [-0.25, -0.2) is 4.79 Å². The number of nitrogens with one attached hydrogen (secondary N) is 2. The number of halogens is 1. The van der Waals surface area contributed by atoms with E-state index in [-0.39, 0.29) is 11.8 Å². The Morgan fingerprint density at radius 3 is 2.28 bits per heavy atom. The molecule has 0 heterocycles. The van der Waals surface area contributed by atoms with Gasteiger partial charge < -0.3 is 15.4 Å². The van der Waals surface area contributed by atoms with Gasteiger partial charge in [0.1, 0.15) is 5.75 Å². The Bertz CT molecular complexity index is 1030. The van der Waals surface area contributed by atoms with E-state index in [1.54, 1.807) is 73.8 Å². The number of amides is 2. The normalized spacial score (nSPS) is 10.6. The first-order valence-corrected chi connectivity index (χ1v) is 9.21. The van der Waals surface area contributed by atoms with Crippen molar-refractivity contribution in [3.8, 4) is 5.75 Å². The number of rotatable bonds is 6. The van der Waals surface area contributed by atoms with Crippen LogP contribution in [0.4, 0.5) is 16.2 Å². The molecule has 3 rings (SSSR count). The lowest BCUT2D eigenvalue weighted by Crippen LogP contribution is -2.19. The molecule has 2 N–H and O–H groups in total. The van der Waals surface area contributed by atoms with Gasteiger partial charge >= 0.3 is 6.03 Å². The number of methoxy groups -OCH3 is 1. The molecule has 5 nitrogen and oxygen atoms in total. The number of carbonyl (C=O) groups excluding carboxylic acids is 2. The van der Waals surface area contributed by atoms with Crippen molar-refractivity contribution in [1.29, 1.82) is 0 Å². The van der Waals surface area contributed by atoms with E-state index < -0.39 is 0 Å². The topological polar surface area (TPSA) is 67.4 Å². The molecule has 0 saturated carbocycles. The highest BCUT2D eigenvalue weighted by Gasteiger charge is 2.04. The Morgan fingerprint density at radius 2 is 1.59 bits per heavy atom. The quantitative estimate of drug-likeness (QED) is 0.396. The van der Waals surface area contributed by atoms with E-state index in [9.17, 15) is 9.59 Å². The van der Waals surface area contributed by atoms with Gasteiger partial charge in [-0.2, -0.15) is 0 Å². The maximum absolute atomic E-state index is 12.2. The van der Waals surface area contributed by atoms with Crippen molar-refractivity contribution in [3.63, 3.8) is 0 Å². The van der Waals surface area contributed by atoms with Crippen LogP contribution in [0.5, 0.6) is 5.75 Å². The molecular formula is C23H19ClN2O3. The van der Waals surface area contributed by atoms with Crippen molar-refractivity contribution >= 4 is 40.9 Å². The number of ketones is 1. The first-order chi connectivity index (χ1) is 14.0. The van der Waals surface area contributed by atoms with E-state index in [1.165, 1.54) is 6.08 Å². The van der Waals surface area contributed by atoms with Crippen LogP contribution in [0.2, 0.25) is 5.02 Å². The van der Waals surface area contributed by atoms with Gasteiger partial charge in [0.25, 0.3) is 0 Å². The minimum Gasteiger partial charge on any atom is -0.497 e. The second kappa shape index (κ2) is 9.57. The molecule has 0 aromatic heterocycles. The van der Waals surface area contributed by atoms with E-state index in [0.717, 1.165) is 5.56 Å². The van der Waals surface area contributed by atoms with Gasteiger partial charge in [0.2, 0.25) is 0 Å². The summed E-state index contributed by atoms with van der Waals surface area (Å²) in [4.78, 5) is 24.3. The monoisotopic (exact) mass is 406 g/mol. The predicted molar refractivity (Wildman–Crippen MR) is 117 cm³/mol. The number of hydrogen-bond donors (Lipinski definition) is 2. The van der Waals surface area contributed by atoms with Gasteiger partial charge in [-0.3, -0.25) is 4.79 Å². The zero-order chi connectivity index (χ0) is 20.6. The third-order valence-electron chi connectivity index (χ3n) is 4.05. The Balaban J connectivity index is 1.57. The second-order valence-electron chi connectivity index (χ2n) is 6.14. The average molecular weight is 407 g/mol. The molecule has 0 unspecified atom stereocenters. The molecule has 0 spiro atoms. The van der Waals surface area contributed by atoms with Crippen LogP contribution in [0.3, 0.4) is 0 Å². The lowest BCUT2D eigenvalue weighted by molar-refractivity contribution is 0.104. The minimum atomic E-state index is -0.362. The number of carbonyl (C=O) groups is 2. The summed E-state index contributed by atoms with van der Waals surface area (Å²) >= 11 is 5.83. The summed E-state index contributed by atoms with van der Waals surface area (Å²) < 4.78 is 5.13. The Labute approximate surface area is 174 Å². The molecule has 29 heavy (non-hydrogen) atoms. The number of ether oxygens (including phenoxy) is 1. The smallest absolute Gasteiger partial charge is 0.323 e. The molecule has 0 saturated heterocycles. The van der Waals surface area contributed by atoms with E-state index in [1.807, 2.05) is 12.1 Å². The first kappa shape index (κ1) is 20.2. The van der Waals surface area contributed by atoms with E-state index in [0.29, 0.717) is 27.7 Å². The minimum absolute atomic E-state index is 0.110. The van der Waals surface area contributed by atoms with Crippen LogP contribution in [0.15, 0.2) is 78.9 Å². The fourth-order valence-electron chi connectivity index (χ4n) is 2.55. The molecule has 3 aromatic carbocycles. The van der Waals surface area contributed by atoms with Gasteiger partial charge in [-0.1, -0.05) is 35.9 Å². The highest BCUT2D eigenvalue weighted by atomic mass is 35.5. The third-order valence-corrected chi connectivity index (χ3v) is 4.30. The van der Waals surface area contributed by atoms with Crippen LogP contribution in [0.1, 0.15) is 15.9 Å². The van der Waals surface area contributed by atoms with Crippen molar-refractivity contribution in [2.24, 2.45) is 0 Å². The van der Waals surface area contributed by atoms with Gasteiger partial charge in [0, 0.05) is 28.0 Å². The average Bonchev–Trinajstić information content (AvgIpc) is 2.73. The molecule has 6 heteroatoms. The third kappa shape index (κ3) is 5.96. The van der Waals surface area contributed by atoms with Crippen molar-refractivity contribution in [3.05, 3.63) is 95.0 Å². The maximum Gasteiger partial charge on any atom is 0.323 e. The number of allylic oxidation sites excluding steroid dienone is 1. The molecular weight excluding hydrogens is 388 g/mol. The van der Waals surface area contributed by atoms with Gasteiger partial charge in [-0.15, -0.1) is 0 Å². The molecule has 0 atom stereocenters. The summed E-state index contributed by atoms with van der Waals surface area (Å²) in [5, 5.41) is 6.09. The molecule has 0 aliphatic heterocycles. The van der Waals surface area contributed by atoms with Crippen LogP contribution < -0.4 is 15.4 Å². The maximum atomic E-state index is 12.2. The lowest BCUT2D eigenvalue weighted by Gasteiger charge is -2.09.